The second-order valence-electron chi connectivity index (χ2n) is 3.06. The van der Waals surface area contributed by atoms with E-state index < -0.39 is 0 Å². The van der Waals surface area contributed by atoms with E-state index >= 15 is 0 Å². The standard InChI is InChI=1S/C10H17N/c1-7(2)9(5)10(6)11-8(3)4/h3H2,1-2,4-6H3/b11-10-. The number of hydrogen-bond donors (Lipinski definition) is 0. The van der Waals surface area contributed by atoms with E-state index in [1.54, 1.807) is 0 Å². The van der Waals surface area contributed by atoms with E-state index in [0.29, 0.717) is 0 Å². The topological polar surface area (TPSA) is 12.4 Å². The lowest BCUT2D eigenvalue weighted by Crippen LogP contribution is -1.95. The third-order valence-electron chi connectivity index (χ3n) is 1.65. The minimum atomic E-state index is 0.864. The van der Waals surface area contributed by atoms with Crippen molar-refractivity contribution >= 4 is 5.71 Å². The zero-order valence-corrected chi connectivity index (χ0v) is 8.15. The summed E-state index contributed by atoms with van der Waals surface area (Å²) >= 11 is 0. The molecule has 0 aromatic rings. The number of rotatable bonds is 2. The van der Waals surface area contributed by atoms with E-state index in [1.807, 2.05) is 13.8 Å². The zero-order valence-electron chi connectivity index (χ0n) is 8.15. The molecular formula is C10H17N. The Balaban J connectivity index is 4.63. The molecule has 0 aliphatic heterocycles. The predicted octanol–water partition coefficient (Wildman–Crippen LogP) is 3.34. The van der Waals surface area contributed by atoms with Crippen LogP contribution in [0, 0.1) is 0 Å². The Labute approximate surface area is 69.5 Å². The van der Waals surface area contributed by atoms with Gasteiger partial charge in [-0.2, -0.15) is 0 Å². The summed E-state index contributed by atoms with van der Waals surface area (Å²) in [6.45, 7) is 13.9. The number of hydrogen-bond acceptors (Lipinski definition) is 1. The van der Waals surface area contributed by atoms with Crippen LogP contribution in [0.4, 0.5) is 0 Å². The Hall–Kier alpha value is -0.850. The lowest BCUT2D eigenvalue weighted by Gasteiger charge is -2.02. The van der Waals surface area contributed by atoms with E-state index in [4.69, 9.17) is 0 Å². The average molecular weight is 151 g/mol. The van der Waals surface area contributed by atoms with Crippen molar-refractivity contribution in [1.82, 2.24) is 0 Å². The van der Waals surface area contributed by atoms with E-state index in [0.717, 1.165) is 11.4 Å². The smallest absolute Gasteiger partial charge is 0.0404 e. The fourth-order valence-electron chi connectivity index (χ4n) is 0.732. The molecule has 0 saturated heterocycles. The molecule has 0 fully saturated rings. The van der Waals surface area contributed by atoms with E-state index in [-0.39, 0.29) is 0 Å². The van der Waals surface area contributed by atoms with Crippen LogP contribution in [-0.4, -0.2) is 5.71 Å². The lowest BCUT2D eigenvalue weighted by molar-refractivity contribution is 1.26. The first-order valence-corrected chi connectivity index (χ1v) is 3.80. The maximum atomic E-state index is 4.26. The molecule has 0 aromatic heterocycles. The molecule has 0 bridgehead atoms. The minimum absolute atomic E-state index is 0.864. The highest BCUT2D eigenvalue weighted by molar-refractivity contribution is 5.98. The second-order valence-corrected chi connectivity index (χ2v) is 3.06. The Morgan fingerprint density at radius 2 is 1.45 bits per heavy atom. The molecule has 1 nitrogen and oxygen atoms in total. The molecule has 0 aliphatic carbocycles. The van der Waals surface area contributed by atoms with Gasteiger partial charge in [0.25, 0.3) is 0 Å². The van der Waals surface area contributed by atoms with Crippen molar-refractivity contribution in [2.24, 2.45) is 4.99 Å². The van der Waals surface area contributed by atoms with Crippen LogP contribution >= 0.6 is 0 Å². The molecule has 0 unspecified atom stereocenters. The molecule has 0 atom stereocenters. The first kappa shape index (κ1) is 10.2. The van der Waals surface area contributed by atoms with Crippen LogP contribution in [0.2, 0.25) is 0 Å². The summed E-state index contributed by atoms with van der Waals surface area (Å²) in [5, 5.41) is 0. The third kappa shape index (κ3) is 3.76. The van der Waals surface area contributed by atoms with Crippen LogP contribution in [0.1, 0.15) is 34.6 Å². The fraction of sp³-hybridized carbons (Fsp3) is 0.500. The van der Waals surface area contributed by atoms with Gasteiger partial charge in [0.1, 0.15) is 0 Å². The van der Waals surface area contributed by atoms with Gasteiger partial charge in [0, 0.05) is 11.4 Å². The van der Waals surface area contributed by atoms with Crippen molar-refractivity contribution < 1.29 is 0 Å². The quantitative estimate of drug-likeness (QED) is 0.537. The Bertz CT molecular complexity index is 215. The first-order chi connectivity index (χ1) is 4.95. The van der Waals surface area contributed by atoms with Gasteiger partial charge in [-0.1, -0.05) is 12.2 Å². The van der Waals surface area contributed by atoms with Gasteiger partial charge < -0.3 is 0 Å². The molecule has 0 heterocycles. The Morgan fingerprint density at radius 1 is 1.00 bits per heavy atom. The first-order valence-electron chi connectivity index (χ1n) is 3.80. The number of nitrogens with zero attached hydrogens (tertiary/aromatic N) is 1. The van der Waals surface area contributed by atoms with Gasteiger partial charge in [0.15, 0.2) is 0 Å². The second kappa shape index (κ2) is 4.12. The molecule has 11 heavy (non-hydrogen) atoms. The average Bonchev–Trinajstić information content (AvgIpc) is 1.84. The van der Waals surface area contributed by atoms with Crippen LogP contribution in [0.25, 0.3) is 0 Å². The molecule has 0 saturated carbocycles. The summed E-state index contributed by atoms with van der Waals surface area (Å²) in [5.41, 5.74) is 4.50. The highest BCUT2D eigenvalue weighted by atomic mass is 14.7. The van der Waals surface area contributed by atoms with Crippen LogP contribution in [0.15, 0.2) is 28.4 Å². The highest BCUT2D eigenvalue weighted by Gasteiger charge is 1.95. The maximum Gasteiger partial charge on any atom is 0.0404 e. The molecule has 0 aliphatic rings. The van der Waals surface area contributed by atoms with Gasteiger partial charge in [0.05, 0.1) is 0 Å². The van der Waals surface area contributed by atoms with Crippen LogP contribution in [-0.2, 0) is 0 Å². The minimum Gasteiger partial charge on any atom is -0.259 e. The van der Waals surface area contributed by atoms with E-state index in [1.165, 1.54) is 11.1 Å². The normalized spacial score (nSPS) is 11.2. The molecule has 1 heteroatoms. The van der Waals surface area contributed by atoms with Crippen LogP contribution < -0.4 is 0 Å². The van der Waals surface area contributed by atoms with Crippen molar-refractivity contribution in [2.75, 3.05) is 0 Å². The summed E-state index contributed by atoms with van der Waals surface area (Å²) in [6, 6.07) is 0. The molecule has 0 radical (unpaired) electrons. The van der Waals surface area contributed by atoms with E-state index in [9.17, 15) is 0 Å². The molecule has 0 aromatic carbocycles. The lowest BCUT2D eigenvalue weighted by atomic mass is 10.1. The monoisotopic (exact) mass is 151 g/mol. The van der Waals surface area contributed by atoms with Gasteiger partial charge in [-0.3, -0.25) is 4.99 Å². The van der Waals surface area contributed by atoms with Crippen molar-refractivity contribution in [3.05, 3.63) is 23.4 Å². The molecule has 0 amide bonds. The largest absolute Gasteiger partial charge is 0.259 e. The van der Waals surface area contributed by atoms with Crippen LogP contribution in [0.5, 0.6) is 0 Å². The SMILES string of the molecule is C=C(C)/N=C(/C)C(C)=C(C)C. The molecule has 0 N–H and O–H groups in total. The summed E-state index contributed by atoms with van der Waals surface area (Å²) in [5.74, 6) is 0. The van der Waals surface area contributed by atoms with Crippen molar-refractivity contribution in [3.63, 3.8) is 0 Å². The van der Waals surface area contributed by atoms with Gasteiger partial charge in [-0.25, -0.2) is 0 Å². The number of aliphatic imine (C=N–C) groups is 1. The zero-order chi connectivity index (χ0) is 9.02. The molecular weight excluding hydrogens is 134 g/mol. The fourth-order valence-corrected chi connectivity index (χ4v) is 0.732. The Kier molecular flexibility index (Phi) is 3.80. The van der Waals surface area contributed by atoms with Crippen molar-refractivity contribution in [3.8, 4) is 0 Å². The van der Waals surface area contributed by atoms with Gasteiger partial charge >= 0.3 is 0 Å². The van der Waals surface area contributed by atoms with E-state index in [2.05, 4.69) is 32.3 Å². The van der Waals surface area contributed by atoms with Gasteiger partial charge in [-0.15, -0.1) is 0 Å². The van der Waals surface area contributed by atoms with Crippen molar-refractivity contribution in [1.29, 1.82) is 0 Å². The van der Waals surface area contributed by atoms with Gasteiger partial charge in [0.2, 0.25) is 0 Å². The summed E-state index contributed by atoms with van der Waals surface area (Å²) in [7, 11) is 0. The molecule has 0 rings (SSSR count). The van der Waals surface area contributed by atoms with Crippen molar-refractivity contribution in [2.45, 2.75) is 34.6 Å². The number of allylic oxidation sites excluding steroid dienone is 3. The highest BCUT2D eigenvalue weighted by Crippen LogP contribution is 2.06. The summed E-state index contributed by atoms with van der Waals surface area (Å²) < 4.78 is 0. The van der Waals surface area contributed by atoms with Gasteiger partial charge in [-0.05, 0) is 40.2 Å². The predicted molar refractivity (Wildman–Crippen MR) is 52.0 cm³/mol. The third-order valence-corrected chi connectivity index (χ3v) is 1.65. The maximum absolute atomic E-state index is 4.26. The van der Waals surface area contributed by atoms with Crippen LogP contribution in [0.3, 0.4) is 0 Å². The molecule has 0 spiro atoms. The molecule has 62 valence electrons. The summed E-state index contributed by atoms with van der Waals surface area (Å²) in [4.78, 5) is 4.26. The summed E-state index contributed by atoms with van der Waals surface area (Å²) in [6.07, 6.45) is 0. The Morgan fingerprint density at radius 3 is 1.73 bits per heavy atom.